The Hall–Kier alpha value is -2.82. The van der Waals surface area contributed by atoms with Gasteiger partial charge in [0.25, 0.3) is 5.91 Å². The molecule has 2 aromatic rings. The van der Waals surface area contributed by atoms with Crippen molar-refractivity contribution in [2.24, 2.45) is 0 Å². The van der Waals surface area contributed by atoms with Crippen LogP contribution < -0.4 is 5.32 Å². The fraction of sp³-hybridized carbons (Fsp3) is 0.348. The Bertz CT molecular complexity index is 946. The van der Waals surface area contributed by atoms with Crippen molar-refractivity contribution in [3.63, 3.8) is 0 Å². The van der Waals surface area contributed by atoms with Crippen LogP contribution in [0.4, 0.5) is 18.9 Å². The Morgan fingerprint density at radius 1 is 1.10 bits per heavy atom. The number of carbonyl (C=O) groups excluding carboxylic acids is 1. The third-order valence-corrected chi connectivity index (χ3v) is 4.70. The van der Waals surface area contributed by atoms with Crippen LogP contribution in [0.15, 0.2) is 36.4 Å². The van der Waals surface area contributed by atoms with Gasteiger partial charge in [-0.05, 0) is 63.5 Å². The van der Waals surface area contributed by atoms with Gasteiger partial charge in [-0.1, -0.05) is 18.1 Å². The lowest BCUT2D eigenvalue weighted by Crippen LogP contribution is -2.29. The predicted molar refractivity (Wildman–Crippen MR) is 113 cm³/mol. The summed E-state index contributed by atoms with van der Waals surface area (Å²) in [6.45, 7) is 3.34. The summed E-state index contributed by atoms with van der Waals surface area (Å²) in [6.07, 6.45) is 0.892. The number of terminal acetylenes is 1. The highest BCUT2D eigenvalue weighted by Gasteiger charge is 2.34. The molecule has 7 heteroatoms. The molecule has 1 N–H and O–H groups in total. The van der Waals surface area contributed by atoms with Gasteiger partial charge >= 0.3 is 6.18 Å². The van der Waals surface area contributed by atoms with Crippen LogP contribution in [0.5, 0.6) is 0 Å². The highest BCUT2D eigenvalue weighted by atomic mass is 19.4. The average Bonchev–Trinajstić information content (AvgIpc) is 2.67. The second-order valence-corrected chi connectivity index (χ2v) is 7.54. The van der Waals surface area contributed by atoms with Gasteiger partial charge in [0.15, 0.2) is 0 Å². The van der Waals surface area contributed by atoms with E-state index < -0.39 is 17.6 Å². The molecule has 0 radical (unpaired) electrons. The van der Waals surface area contributed by atoms with Crippen LogP contribution in [0.25, 0.3) is 0 Å². The fourth-order valence-corrected chi connectivity index (χ4v) is 2.92. The van der Waals surface area contributed by atoms with Gasteiger partial charge in [0.2, 0.25) is 0 Å². The number of nitrogens with one attached hydrogen (secondary N) is 1. The predicted octanol–water partition coefficient (Wildman–Crippen LogP) is 4.24. The number of alkyl halides is 3. The van der Waals surface area contributed by atoms with Crippen LogP contribution in [0.2, 0.25) is 0 Å². The van der Waals surface area contributed by atoms with Crippen molar-refractivity contribution in [3.05, 3.63) is 64.2 Å². The van der Waals surface area contributed by atoms with Gasteiger partial charge in [0.05, 0.1) is 5.56 Å². The van der Waals surface area contributed by atoms with Gasteiger partial charge in [0.1, 0.15) is 0 Å². The normalized spacial score (nSPS) is 11.6. The maximum Gasteiger partial charge on any atom is 0.416 e. The standard InChI is InChI=1S/C23H26F3N3O/c1-6-17-13-18(8-7-16(17)2)22(30)27-20-10-9-19(21(14-20)23(24,25)26)15-29(5)12-11-28(3)4/h1,7-10,13-14H,11-12,15H2,2-5H3,(H,27,30). The second-order valence-electron chi connectivity index (χ2n) is 7.54. The molecule has 0 saturated carbocycles. The first kappa shape index (κ1) is 23.5. The number of anilines is 1. The Morgan fingerprint density at radius 3 is 2.40 bits per heavy atom. The smallest absolute Gasteiger partial charge is 0.322 e. The van der Waals surface area contributed by atoms with Crippen molar-refractivity contribution in [3.8, 4) is 12.3 Å². The molecule has 0 saturated heterocycles. The minimum absolute atomic E-state index is 0.0786. The van der Waals surface area contributed by atoms with Gasteiger partial charge in [-0.2, -0.15) is 13.2 Å². The van der Waals surface area contributed by atoms with E-state index in [2.05, 4.69) is 11.2 Å². The van der Waals surface area contributed by atoms with Crippen molar-refractivity contribution in [2.75, 3.05) is 39.5 Å². The van der Waals surface area contributed by atoms with Crippen molar-refractivity contribution >= 4 is 11.6 Å². The molecule has 4 nitrogen and oxygen atoms in total. The fourth-order valence-electron chi connectivity index (χ4n) is 2.92. The third kappa shape index (κ3) is 6.34. The molecular formula is C23H26F3N3O. The van der Waals surface area contributed by atoms with E-state index in [9.17, 15) is 18.0 Å². The van der Waals surface area contributed by atoms with Gasteiger partial charge < -0.3 is 15.1 Å². The van der Waals surface area contributed by atoms with E-state index in [1.54, 1.807) is 25.2 Å². The summed E-state index contributed by atoms with van der Waals surface area (Å²) in [7, 11) is 5.60. The van der Waals surface area contributed by atoms with E-state index in [4.69, 9.17) is 6.42 Å². The summed E-state index contributed by atoms with van der Waals surface area (Å²) in [5.41, 5.74) is 1.17. The molecule has 0 aliphatic carbocycles. The van der Waals surface area contributed by atoms with Gasteiger partial charge in [-0.25, -0.2) is 0 Å². The number of halogens is 3. The van der Waals surface area contributed by atoms with E-state index in [-0.39, 0.29) is 23.4 Å². The Labute approximate surface area is 175 Å². The Balaban J connectivity index is 2.24. The average molecular weight is 417 g/mol. The van der Waals surface area contributed by atoms with E-state index in [1.807, 2.05) is 30.8 Å². The van der Waals surface area contributed by atoms with Gasteiger partial charge in [-0.15, -0.1) is 6.42 Å². The molecule has 0 atom stereocenters. The second kappa shape index (κ2) is 9.79. The first-order valence-corrected chi connectivity index (χ1v) is 9.43. The molecule has 0 fully saturated rings. The lowest BCUT2D eigenvalue weighted by atomic mass is 10.0. The van der Waals surface area contributed by atoms with Crippen molar-refractivity contribution in [2.45, 2.75) is 19.6 Å². The number of carbonyl (C=O) groups is 1. The number of nitrogens with zero attached hydrogens (tertiary/aromatic N) is 2. The molecule has 0 aliphatic rings. The van der Waals surface area contributed by atoms with Crippen molar-refractivity contribution in [1.29, 1.82) is 0 Å². The van der Waals surface area contributed by atoms with Crippen LogP contribution in [0.3, 0.4) is 0 Å². The highest BCUT2D eigenvalue weighted by Crippen LogP contribution is 2.34. The highest BCUT2D eigenvalue weighted by molar-refractivity contribution is 6.04. The van der Waals surface area contributed by atoms with Crippen LogP contribution in [-0.2, 0) is 12.7 Å². The number of aryl methyl sites for hydroxylation is 1. The van der Waals surface area contributed by atoms with Gasteiger partial charge in [0, 0.05) is 36.4 Å². The van der Waals surface area contributed by atoms with Crippen LogP contribution in [0, 0.1) is 19.3 Å². The Kier molecular flexibility index (Phi) is 7.65. The summed E-state index contributed by atoms with van der Waals surface area (Å²) in [5.74, 6) is 1.97. The lowest BCUT2D eigenvalue weighted by Gasteiger charge is -2.22. The maximum atomic E-state index is 13.6. The van der Waals surface area contributed by atoms with Crippen LogP contribution in [-0.4, -0.2) is 49.9 Å². The minimum Gasteiger partial charge on any atom is -0.322 e. The lowest BCUT2D eigenvalue weighted by molar-refractivity contribution is -0.138. The molecule has 2 aromatic carbocycles. The van der Waals surface area contributed by atoms with Crippen LogP contribution >= 0.6 is 0 Å². The molecule has 1 amide bonds. The quantitative estimate of drug-likeness (QED) is 0.685. The van der Waals surface area contributed by atoms with E-state index in [0.29, 0.717) is 12.1 Å². The third-order valence-electron chi connectivity index (χ3n) is 4.70. The summed E-state index contributed by atoms with van der Waals surface area (Å²) in [6, 6.07) is 8.71. The zero-order valence-corrected chi connectivity index (χ0v) is 17.6. The Morgan fingerprint density at radius 2 is 1.80 bits per heavy atom. The molecule has 0 spiro atoms. The number of hydrogen-bond donors (Lipinski definition) is 1. The molecule has 0 heterocycles. The van der Waals surface area contributed by atoms with E-state index >= 15 is 0 Å². The number of benzene rings is 2. The molecule has 2 rings (SSSR count). The number of hydrogen-bond acceptors (Lipinski definition) is 3. The molecule has 0 aromatic heterocycles. The minimum atomic E-state index is -4.53. The topological polar surface area (TPSA) is 35.6 Å². The van der Waals surface area contributed by atoms with E-state index in [0.717, 1.165) is 18.2 Å². The summed E-state index contributed by atoms with van der Waals surface area (Å²) >= 11 is 0. The molecule has 0 bridgehead atoms. The van der Waals surface area contributed by atoms with Crippen LogP contribution in [0.1, 0.15) is 32.6 Å². The van der Waals surface area contributed by atoms with Crippen molar-refractivity contribution in [1.82, 2.24) is 9.80 Å². The zero-order valence-electron chi connectivity index (χ0n) is 17.6. The number of likely N-dealkylation sites (N-methyl/N-ethyl adjacent to an activating group) is 2. The molecule has 0 unspecified atom stereocenters. The van der Waals surface area contributed by atoms with Crippen molar-refractivity contribution < 1.29 is 18.0 Å². The molecule has 0 aliphatic heterocycles. The SMILES string of the molecule is C#Cc1cc(C(=O)Nc2ccc(CN(C)CCN(C)C)c(C(F)(F)F)c2)ccc1C. The largest absolute Gasteiger partial charge is 0.416 e. The first-order valence-electron chi connectivity index (χ1n) is 9.43. The number of rotatable bonds is 7. The molecule has 30 heavy (non-hydrogen) atoms. The zero-order chi connectivity index (χ0) is 22.5. The maximum absolute atomic E-state index is 13.6. The first-order chi connectivity index (χ1) is 14.0. The monoisotopic (exact) mass is 417 g/mol. The van der Waals surface area contributed by atoms with E-state index in [1.165, 1.54) is 12.1 Å². The summed E-state index contributed by atoms with van der Waals surface area (Å²) in [4.78, 5) is 16.3. The van der Waals surface area contributed by atoms with Gasteiger partial charge in [-0.3, -0.25) is 4.79 Å². The molecule has 160 valence electrons. The summed E-state index contributed by atoms with van der Waals surface area (Å²) in [5, 5.41) is 2.53. The number of amides is 1. The molecular weight excluding hydrogens is 391 g/mol. The summed E-state index contributed by atoms with van der Waals surface area (Å²) < 4.78 is 40.9.